The van der Waals surface area contributed by atoms with Gasteiger partial charge < -0.3 is 5.73 Å². The number of halogens is 2. The van der Waals surface area contributed by atoms with Gasteiger partial charge in [-0.05, 0) is 24.6 Å². The number of hydrogen-bond donors (Lipinski definition) is 1. The summed E-state index contributed by atoms with van der Waals surface area (Å²) in [4.78, 5) is 0. The summed E-state index contributed by atoms with van der Waals surface area (Å²) in [6.45, 7) is 1.44. The first-order valence-corrected chi connectivity index (χ1v) is 4.09. The first-order valence-electron chi connectivity index (χ1n) is 3.71. The molecule has 1 aromatic carbocycles. The lowest BCUT2D eigenvalue weighted by Gasteiger charge is -2.17. The van der Waals surface area contributed by atoms with Crippen LogP contribution in [-0.2, 0) is 5.67 Å². The van der Waals surface area contributed by atoms with E-state index in [2.05, 4.69) is 0 Å². The molecule has 0 aliphatic carbocycles. The summed E-state index contributed by atoms with van der Waals surface area (Å²) in [5.74, 6) is 0. The predicted octanol–water partition coefficient (Wildman–Crippen LogP) is 2.48. The summed E-state index contributed by atoms with van der Waals surface area (Å²) in [6, 6.07) is 6.61. The lowest BCUT2D eigenvalue weighted by Crippen LogP contribution is -2.26. The molecule has 0 bridgehead atoms. The zero-order chi connectivity index (χ0) is 9.19. The molecule has 0 spiro atoms. The van der Waals surface area contributed by atoms with Crippen molar-refractivity contribution in [3.05, 3.63) is 34.9 Å². The fourth-order valence-corrected chi connectivity index (χ4v) is 1.04. The normalized spacial score (nSPS) is 15.7. The largest absolute Gasteiger partial charge is 0.327 e. The van der Waals surface area contributed by atoms with Gasteiger partial charge in [-0.1, -0.05) is 23.7 Å². The van der Waals surface area contributed by atoms with Crippen molar-refractivity contribution >= 4 is 11.6 Å². The fourth-order valence-electron chi connectivity index (χ4n) is 0.915. The van der Waals surface area contributed by atoms with Crippen LogP contribution < -0.4 is 5.73 Å². The zero-order valence-electron chi connectivity index (χ0n) is 6.85. The van der Waals surface area contributed by atoms with Crippen LogP contribution in [0.15, 0.2) is 24.3 Å². The molecular formula is C9H11ClFN. The summed E-state index contributed by atoms with van der Waals surface area (Å²) >= 11 is 5.65. The Labute approximate surface area is 76.3 Å². The second-order valence-corrected chi connectivity index (χ2v) is 3.34. The number of nitrogens with two attached hydrogens (primary N) is 1. The Morgan fingerprint density at radius 2 is 1.92 bits per heavy atom. The number of hydrogen-bond acceptors (Lipinski definition) is 1. The van der Waals surface area contributed by atoms with Gasteiger partial charge in [0.2, 0.25) is 0 Å². The lowest BCUT2D eigenvalue weighted by molar-refractivity contribution is 0.203. The Kier molecular flexibility index (Phi) is 2.70. The SMILES string of the molecule is C[C@](F)(CN)c1ccc(Cl)cc1. The van der Waals surface area contributed by atoms with Crippen molar-refractivity contribution < 1.29 is 4.39 Å². The third-order valence-corrected chi connectivity index (χ3v) is 2.08. The minimum atomic E-state index is -1.45. The quantitative estimate of drug-likeness (QED) is 0.757. The number of benzene rings is 1. The molecule has 0 radical (unpaired) electrons. The molecule has 0 unspecified atom stereocenters. The Balaban J connectivity index is 2.96. The van der Waals surface area contributed by atoms with Crippen molar-refractivity contribution in [2.75, 3.05) is 6.54 Å². The Hall–Kier alpha value is -0.600. The highest BCUT2D eigenvalue weighted by Gasteiger charge is 2.22. The minimum Gasteiger partial charge on any atom is -0.327 e. The van der Waals surface area contributed by atoms with Gasteiger partial charge in [-0.25, -0.2) is 4.39 Å². The molecule has 2 N–H and O–H groups in total. The van der Waals surface area contributed by atoms with Crippen LogP contribution in [0, 0.1) is 0 Å². The highest BCUT2D eigenvalue weighted by molar-refractivity contribution is 6.30. The molecule has 0 saturated heterocycles. The van der Waals surface area contributed by atoms with Crippen LogP contribution >= 0.6 is 11.6 Å². The maximum Gasteiger partial charge on any atom is 0.145 e. The third-order valence-electron chi connectivity index (χ3n) is 1.83. The van der Waals surface area contributed by atoms with Gasteiger partial charge in [-0.3, -0.25) is 0 Å². The molecule has 0 aromatic heterocycles. The minimum absolute atomic E-state index is 0.0192. The molecule has 0 amide bonds. The summed E-state index contributed by atoms with van der Waals surface area (Å²) in [7, 11) is 0. The average molecular weight is 188 g/mol. The molecule has 1 aromatic rings. The number of alkyl halides is 1. The van der Waals surface area contributed by atoms with Gasteiger partial charge in [-0.15, -0.1) is 0 Å². The van der Waals surface area contributed by atoms with E-state index < -0.39 is 5.67 Å². The summed E-state index contributed by atoms with van der Waals surface area (Å²) in [6.07, 6.45) is 0. The molecule has 12 heavy (non-hydrogen) atoms. The maximum atomic E-state index is 13.5. The molecule has 0 aliphatic rings. The molecule has 0 saturated carbocycles. The maximum absolute atomic E-state index is 13.5. The third kappa shape index (κ3) is 1.96. The van der Waals surface area contributed by atoms with E-state index in [0.29, 0.717) is 10.6 Å². The topological polar surface area (TPSA) is 26.0 Å². The van der Waals surface area contributed by atoms with Crippen molar-refractivity contribution in [1.82, 2.24) is 0 Å². The predicted molar refractivity (Wildman–Crippen MR) is 49.0 cm³/mol. The molecular weight excluding hydrogens is 177 g/mol. The van der Waals surface area contributed by atoms with Gasteiger partial charge in [0.25, 0.3) is 0 Å². The second kappa shape index (κ2) is 3.42. The van der Waals surface area contributed by atoms with E-state index in [1.807, 2.05) is 0 Å². The van der Waals surface area contributed by atoms with Crippen molar-refractivity contribution in [3.8, 4) is 0 Å². The van der Waals surface area contributed by atoms with E-state index in [-0.39, 0.29) is 6.54 Å². The molecule has 1 nitrogen and oxygen atoms in total. The van der Waals surface area contributed by atoms with Crippen LogP contribution in [0.1, 0.15) is 12.5 Å². The Morgan fingerprint density at radius 3 is 2.33 bits per heavy atom. The highest BCUT2D eigenvalue weighted by atomic mass is 35.5. The van der Waals surface area contributed by atoms with E-state index in [1.54, 1.807) is 24.3 Å². The number of rotatable bonds is 2. The standard InChI is InChI=1S/C9H11ClFN/c1-9(11,6-12)7-2-4-8(10)5-3-7/h2-5H,6,12H2,1H3/t9-/m0/s1. The summed E-state index contributed by atoms with van der Waals surface area (Å²) < 4.78 is 13.5. The first-order chi connectivity index (χ1) is 5.56. The van der Waals surface area contributed by atoms with Crippen molar-refractivity contribution in [1.29, 1.82) is 0 Å². The van der Waals surface area contributed by atoms with Crippen LogP contribution in [-0.4, -0.2) is 6.54 Å². The molecule has 0 fully saturated rings. The van der Waals surface area contributed by atoms with E-state index in [4.69, 9.17) is 17.3 Å². The van der Waals surface area contributed by atoms with Gasteiger partial charge in [0.15, 0.2) is 0 Å². The fraction of sp³-hybridized carbons (Fsp3) is 0.333. The average Bonchev–Trinajstić information content (AvgIpc) is 2.05. The van der Waals surface area contributed by atoms with Gasteiger partial charge in [-0.2, -0.15) is 0 Å². The van der Waals surface area contributed by atoms with Gasteiger partial charge in [0.1, 0.15) is 5.67 Å². The van der Waals surface area contributed by atoms with E-state index in [9.17, 15) is 4.39 Å². The van der Waals surface area contributed by atoms with E-state index in [1.165, 1.54) is 6.92 Å². The van der Waals surface area contributed by atoms with E-state index in [0.717, 1.165) is 0 Å². The Morgan fingerprint density at radius 1 is 1.42 bits per heavy atom. The van der Waals surface area contributed by atoms with Gasteiger partial charge in [0.05, 0.1) is 0 Å². The highest BCUT2D eigenvalue weighted by Crippen LogP contribution is 2.24. The van der Waals surface area contributed by atoms with Crippen LogP contribution in [0.3, 0.4) is 0 Å². The Bertz CT molecular complexity index is 256. The molecule has 1 atom stereocenters. The van der Waals surface area contributed by atoms with Crippen LogP contribution in [0.4, 0.5) is 4.39 Å². The second-order valence-electron chi connectivity index (χ2n) is 2.91. The molecule has 1 rings (SSSR count). The van der Waals surface area contributed by atoms with Gasteiger partial charge in [0, 0.05) is 11.6 Å². The smallest absolute Gasteiger partial charge is 0.145 e. The summed E-state index contributed by atoms with van der Waals surface area (Å²) in [5, 5.41) is 0.603. The molecule has 3 heteroatoms. The van der Waals surface area contributed by atoms with Gasteiger partial charge >= 0.3 is 0 Å². The zero-order valence-corrected chi connectivity index (χ0v) is 7.61. The monoisotopic (exact) mass is 187 g/mol. The molecule has 0 aliphatic heterocycles. The summed E-state index contributed by atoms with van der Waals surface area (Å²) in [5.41, 5.74) is 4.38. The van der Waals surface area contributed by atoms with Crippen molar-refractivity contribution in [2.24, 2.45) is 5.73 Å². The van der Waals surface area contributed by atoms with Crippen LogP contribution in [0.2, 0.25) is 5.02 Å². The van der Waals surface area contributed by atoms with Crippen LogP contribution in [0.25, 0.3) is 0 Å². The lowest BCUT2D eigenvalue weighted by atomic mass is 9.98. The van der Waals surface area contributed by atoms with Crippen LogP contribution in [0.5, 0.6) is 0 Å². The molecule has 0 heterocycles. The van der Waals surface area contributed by atoms with Crippen molar-refractivity contribution in [2.45, 2.75) is 12.6 Å². The molecule has 66 valence electrons. The first kappa shape index (κ1) is 9.49. The van der Waals surface area contributed by atoms with Crippen molar-refractivity contribution in [3.63, 3.8) is 0 Å². The van der Waals surface area contributed by atoms with E-state index >= 15 is 0 Å².